The Morgan fingerprint density at radius 3 is 2.80 bits per heavy atom. The Balaban J connectivity index is 1.69. The summed E-state index contributed by atoms with van der Waals surface area (Å²) in [5.74, 6) is 2.69. The maximum absolute atomic E-state index is 6.15. The molecule has 4 heteroatoms. The first-order valence-corrected chi connectivity index (χ1v) is 7.12. The fraction of sp³-hybridized carbons (Fsp3) is 1.00. The second kappa shape index (κ2) is 2.49. The van der Waals surface area contributed by atoms with Gasteiger partial charge in [-0.05, 0) is 42.9 Å². The molecule has 0 spiro atoms. The number of rotatable bonds is 1. The number of hydrogen-bond acceptors (Lipinski definition) is 2. The third-order valence-electron chi connectivity index (χ3n) is 5.84. The SMILES string of the molecule is CC12C3CC4OB(CBr)O[C@@]4(C)C1CC32. The van der Waals surface area contributed by atoms with E-state index in [0.717, 1.165) is 23.0 Å². The molecule has 1 heterocycles. The fourth-order valence-corrected chi connectivity index (χ4v) is 5.16. The van der Waals surface area contributed by atoms with Crippen LogP contribution in [0.2, 0.25) is 0 Å². The van der Waals surface area contributed by atoms with Gasteiger partial charge >= 0.3 is 7.12 Å². The number of fused-ring (bicyclic) bond motifs is 3. The molecule has 4 rings (SSSR count). The molecule has 1 saturated heterocycles. The second-order valence-electron chi connectivity index (χ2n) is 6.11. The zero-order valence-electron chi connectivity index (χ0n) is 9.20. The minimum atomic E-state index is -0.0138. The lowest BCUT2D eigenvalue weighted by molar-refractivity contribution is -0.0875. The predicted octanol–water partition coefficient (Wildman–Crippen LogP) is 2.26. The summed E-state index contributed by atoms with van der Waals surface area (Å²) in [6.07, 6.45) is 2.97. The topological polar surface area (TPSA) is 18.5 Å². The maximum atomic E-state index is 6.15. The normalized spacial score (nSPS) is 64.6. The van der Waals surface area contributed by atoms with Crippen molar-refractivity contribution >= 4 is 23.0 Å². The van der Waals surface area contributed by atoms with Gasteiger partial charge in [0.15, 0.2) is 0 Å². The molecule has 3 aliphatic carbocycles. The van der Waals surface area contributed by atoms with E-state index in [1.807, 2.05) is 0 Å². The quantitative estimate of drug-likeness (QED) is 0.538. The van der Waals surface area contributed by atoms with Gasteiger partial charge in [-0.1, -0.05) is 22.9 Å². The van der Waals surface area contributed by atoms with Gasteiger partial charge in [0.05, 0.1) is 11.7 Å². The van der Waals surface area contributed by atoms with Crippen LogP contribution in [0.15, 0.2) is 0 Å². The molecule has 6 atom stereocenters. The van der Waals surface area contributed by atoms with E-state index in [-0.39, 0.29) is 12.7 Å². The van der Waals surface area contributed by atoms with E-state index in [1.165, 1.54) is 12.8 Å². The van der Waals surface area contributed by atoms with Crippen molar-refractivity contribution in [2.75, 3.05) is 5.23 Å². The minimum absolute atomic E-state index is 0.0106. The molecule has 82 valence electrons. The van der Waals surface area contributed by atoms with Gasteiger partial charge in [0.2, 0.25) is 0 Å². The van der Waals surface area contributed by atoms with Gasteiger partial charge < -0.3 is 9.31 Å². The van der Waals surface area contributed by atoms with Crippen LogP contribution in [0.3, 0.4) is 0 Å². The molecule has 4 fully saturated rings. The third kappa shape index (κ3) is 0.849. The van der Waals surface area contributed by atoms with E-state index >= 15 is 0 Å². The Bertz CT molecular complexity index is 339. The standard InChI is InChI=1S/C11H16BBrO2/c1-10-6-3-8(10)11(2)9(4-7(6)10)14-12(5-13)15-11/h6-9H,3-5H2,1-2H3/t6?,7?,8?,9?,10?,11-/m0/s1. The van der Waals surface area contributed by atoms with Gasteiger partial charge in [-0.25, -0.2) is 0 Å². The average Bonchev–Trinajstić information content (AvgIpc) is 2.51. The summed E-state index contributed by atoms with van der Waals surface area (Å²) in [5.41, 5.74) is 0.631. The second-order valence-corrected chi connectivity index (χ2v) is 6.76. The monoisotopic (exact) mass is 270 g/mol. The largest absolute Gasteiger partial charge is 0.468 e. The summed E-state index contributed by atoms with van der Waals surface area (Å²) < 4.78 is 12.1. The lowest BCUT2D eigenvalue weighted by atomic mass is 9.61. The first-order valence-electron chi connectivity index (χ1n) is 6.00. The third-order valence-corrected chi connectivity index (χ3v) is 6.37. The van der Waals surface area contributed by atoms with Gasteiger partial charge in [0.25, 0.3) is 0 Å². The van der Waals surface area contributed by atoms with Crippen molar-refractivity contribution < 1.29 is 9.31 Å². The smallest absolute Gasteiger partial charge is 0.405 e. The molecular formula is C11H16BBrO2. The molecule has 0 aromatic carbocycles. The maximum Gasteiger partial charge on any atom is 0.468 e. The Morgan fingerprint density at radius 2 is 2.07 bits per heavy atom. The Labute approximate surface area is 99.4 Å². The van der Waals surface area contributed by atoms with Crippen LogP contribution in [-0.2, 0) is 9.31 Å². The molecular weight excluding hydrogens is 255 g/mol. The zero-order valence-corrected chi connectivity index (χ0v) is 10.8. The van der Waals surface area contributed by atoms with Gasteiger partial charge in [0.1, 0.15) is 0 Å². The molecule has 0 aromatic heterocycles. The molecule has 4 aliphatic rings. The highest BCUT2D eigenvalue weighted by atomic mass is 79.9. The molecule has 5 unspecified atom stereocenters. The molecule has 0 aromatic rings. The Kier molecular flexibility index (Phi) is 1.57. The van der Waals surface area contributed by atoms with Crippen LogP contribution in [0.1, 0.15) is 26.7 Å². The molecule has 1 aliphatic heterocycles. The average molecular weight is 271 g/mol. The van der Waals surface area contributed by atoms with E-state index in [2.05, 4.69) is 29.8 Å². The zero-order chi connectivity index (χ0) is 10.4. The van der Waals surface area contributed by atoms with E-state index in [1.54, 1.807) is 0 Å². The van der Waals surface area contributed by atoms with Crippen LogP contribution in [0, 0.1) is 23.2 Å². The van der Waals surface area contributed by atoms with Gasteiger partial charge in [-0.15, -0.1) is 0 Å². The van der Waals surface area contributed by atoms with Crippen LogP contribution in [0.4, 0.5) is 0 Å². The first-order chi connectivity index (χ1) is 7.10. The number of alkyl halides is 1. The van der Waals surface area contributed by atoms with Crippen molar-refractivity contribution in [3.05, 3.63) is 0 Å². The van der Waals surface area contributed by atoms with E-state index < -0.39 is 0 Å². The van der Waals surface area contributed by atoms with Gasteiger partial charge in [-0.3, -0.25) is 0 Å². The van der Waals surface area contributed by atoms with Crippen molar-refractivity contribution in [1.82, 2.24) is 0 Å². The minimum Gasteiger partial charge on any atom is -0.405 e. The molecule has 15 heavy (non-hydrogen) atoms. The summed E-state index contributed by atoms with van der Waals surface area (Å²) in [6.45, 7) is 4.74. The van der Waals surface area contributed by atoms with Crippen LogP contribution in [0.5, 0.6) is 0 Å². The predicted molar refractivity (Wildman–Crippen MR) is 61.7 cm³/mol. The van der Waals surface area contributed by atoms with Crippen molar-refractivity contribution in [3.8, 4) is 0 Å². The lowest BCUT2D eigenvalue weighted by Gasteiger charge is -2.49. The van der Waals surface area contributed by atoms with Crippen LogP contribution in [0.25, 0.3) is 0 Å². The van der Waals surface area contributed by atoms with Gasteiger partial charge in [-0.2, -0.15) is 0 Å². The summed E-state index contributed by atoms with van der Waals surface area (Å²) in [7, 11) is -0.0138. The Hall–Kier alpha value is 0.465. The van der Waals surface area contributed by atoms with E-state index in [4.69, 9.17) is 9.31 Å². The lowest BCUT2D eigenvalue weighted by Crippen LogP contribution is -2.53. The van der Waals surface area contributed by atoms with Crippen molar-refractivity contribution in [1.29, 1.82) is 0 Å². The Morgan fingerprint density at radius 1 is 1.33 bits per heavy atom. The molecule has 0 N–H and O–H groups in total. The summed E-state index contributed by atoms with van der Waals surface area (Å²) >= 11 is 3.46. The number of hydrogen-bond donors (Lipinski definition) is 0. The highest BCUT2D eigenvalue weighted by Gasteiger charge is 2.81. The van der Waals surface area contributed by atoms with Crippen LogP contribution >= 0.6 is 15.9 Å². The van der Waals surface area contributed by atoms with Crippen LogP contribution in [-0.4, -0.2) is 24.1 Å². The molecule has 0 bridgehead atoms. The molecule has 2 nitrogen and oxygen atoms in total. The summed E-state index contributed by atoms with van der Waals surface area (Å²) in [6, 6.07) is 0. The van der Waals surface area contributed by atoms with E-state index in [0.29, 0.717) is 11.5 Å². The van der Waals surface area contributed by atoms with Crippen molar-refractivity contribution in [2.24, 2.45) is 23.2 Å². The summed E-state index contributed by atoms with van der Waals surface area (Å²) in [5, 5.41) is 0.802. The molecule has 0 amide bonds. The van der Waals surface area contributed by atoms with Crippen LogP contribution < -0.4 is 0 Å². The first kappa shape index (κ1) is 9.49. The van der Waals surface area contributed by atoms with Crippen molar-refractivity contribution in [3.63, 3.8) is 0 Å². The van der Waals surface area contributed by atoms with Gasteiger partial charge in [0, 0.05) is 5.23 Å². The highest BCUT2D eigenvalue weighted by molar-refractivity contribution is 9.09. The number of halogens is 1. The van der Waals surface area contributed by atoms with Crippen molar-refractivity contribution in [2.45, 2.75) is 38.4 Å². The molecule has 0 radical (unpaired) electrons. The fourth-order valence-electron chi connectivity index (χ4n) is 4.87. The van der Waals surface area contributed by atoms with E-state index in [9.17, 15) is 0 Å². The highest BCUT2D eigenvalue weighted by Crippen LogP contribution is 2.82. The molecule has 3 saturated carbocycles. The summed E-state index contributed by atoms with van der Waals surface area (Å²) in [4.78, 5) is 0.